The molecule has 73 heavy (non-hydrogen) atoms. The normalized spacial score (nSPS) is 23.1. The summed E-state index contributed by atoms with van der Waals surface area (Å²) in [5.41, 5.74) is -7.31. The number of halogens is 6. The van der Waals surface area contributed by atoms with Crippen LogP contribution in [-0.4, -0.2) is 94.0 Å². The van der Waals surface area contributed by atoms with Gasteiger partial charge in [-0.05, 0) is 70.8 Å². The molecule has 11 nitrogen and oxygen atoms in total. The highest BCUT2D eigenvalue weighted by Gasteiger charge is 2.65. The Bertz CT molecular complexity index is 1980. The molecule has 0 spiro atoms. The van der Waals surface area contributed by atoms with E-state index in [-0.39, 0.29) is 43.0 Å². The zero-order valence-electron chi connectivity index (χ0n) is 43.1. The van der Waals surface area contributed by atoms with Crippen molar-refractivity contribution in [1.82, 2.24) is 0 Å². The van der Waals surface area contributed by atoms with Gasteiger partial charge in [0.05, 0.1) is 24.4 Å². The number of rotatable bonds is 31. The Morgan fingerprint density at radius 2 is 1.14 bits per heavy atom. The molecule has 0 unspecified atom stereocenters. The Kier molecular flexibility index (Phi) is 24.0. The quantitative estimate of drug-likeness (QED) is 0.0310. The fraction of sp³-hybridized carbons (Fsp3) is 0.696. The van der Waals surface area contributed by atoms with Crippen LogP contribution in [0.15, 0.2) is 72.3 Å². The lowest BCUT2D eigenvalue weighted by Gasteiger charge is -2.35. The molecule has 3 aliphatic heterocycles. The molecule has 2 fully saturated rings. The average molecular weight is 1040 g/mol. The van der Waals surface area contributed by atoms with Gasteiger partial charge in [-0.2, -0.15) is 26.3 Å². The fourth-order valence-corrected chi connectivity index (χ4v) is 10.4. The maximum absolute atomic E-state index is 14.9. The minimum Gasteiger partial charge on any atom is -0.459 e. The van der Waals surface area contributed by atoms with Gasteiger partial charge in [-0.15, -0.1) is 0 Å². The van der Waals surface area contributed by atoms with Gasteiger partial charge in [0, 0.05) is 37.3 Å². The van der Waals surface area contributed by atoms with Crippen LogP contribution in [0.25, 0.3) is 0 Å². The van der Waals surface area contributed by atoms with Crippen LogP contribution in [0.4, 0.5) is 26.3 Å². The molecule has 2 saturated heterocycles. The Balaban J connectivity index is 1.14. The molecule has 0 bridgehead atoms. The molecule has 3 heterocycles. The van der Waals surface area contributed by atoms with Gasteiger partial charge >= 0.3 is 30.3 Å². The first-order chi connectivity index (χ1) is 35.0. The van der Waals surface area contributed by atoms with Gasteiger partial charge in [-0.25, -0.2) is 14.4 Å². The summed E-state index contributed by atoms with van der Waals surface area (Å²) in [5.74, 6) is -3.79. The third-order valence-electron chi connectivity index (χ3n) is 14.5. The van der Waals surface area contributed by atoms with Crippen molar-refractivity contribution in [2.75, 3.05) is 21.0 Å². The van der Waals surface area contributed by atoms with Gasteiger partial charge in [0.25, 0.3) is 11.2 Å². The van der Waals surface area contributed by atoms with Crippen molar-refractivity contribution in [2.45, 2.75) is 228 Å². The first-order valence-electron chi connectivity index (χ1n) is 26.6. The molecule has 410 valence electrons. The van der Waals surface area contributed by atoms with E-state index in [1.54, 1.807) is 19.1 Å². The molecule has 9 atom stereocenters. The second-order valence-electron chi connectivity index (χ2n) is 19.8. The topological polar surface area (TPSA) is 125 Å². The van der Waals surface area contributed by atoms with E-state index in [0.717, 1.165) is 52.0 Å². The largest absolute Gasteiger partial charge is 0.459 e. The molecule has 3 aliphatic rings. The van der Waals surface area contributed by atoms with Gasteiger partial charge < -0.3 is 37.9 Å². The molecule has 0 saturated carbocycles. The van der Waals surface area contributed by atoms with Gasteiger partial charge in [-0.1, -0.05) is 151 Å². The lowest BCUT2D eigenvalue weighted by Crippen LogP contribution is -2.53. The highest BCUT2D eigenvalue weighted by molar-refractivity contribution is 5.91. The van der Waals surface area contributed by atoms with Gasteiger partial charge in [0.15, 0.2) is 0 Å². The predicted molar refractivity (Wildman–Crippen MR) is 261 cm³/mol. The first kappa shape index (κ1) is 59.8. The SMILES string of the molecule is CCCCCCCCCCCCCC[C@@H](OC(=O)[C@](OC)(c1ccccc1)C(F)(F)F)[C@H]1CC[C@H]([C@H]2CC[C@@H](CCCCC[C@H](CC3=C[C@H](C)OC3=O)OC(=O)[C@](OC)(c3ccccc3)C(F)(F)F)OCO2)O1. The van der Waals surface area contributed by atoms with Crippen LogP contribution in [0.2, 0.25) is 0 Å². The summed E-state index contributed by atoms with van der Waals surface area (Å²) >= 11 is 0. The molecule has 0 aromatic heterocycles. The standard InChI is InChI=1S/C56H78F6O11/c1-5-6-7-8-9-10-11-12-13-14-15-25-32-47(73-52(65)54(67-4,56(60,61)62)43-28-21-17-22-29-43)49-36-35-48(72-49)46-34-33-44(68-39-69-46)30-23-18-24-31-45(38-41-37-40(2)70-50(41)63)71-51(64)53(66-3,55(57,58)59)42-26-19-16-20-27-42/h16-17,19-22,26-29,37,40,44-49H,5-15,18,23-25,30-36,38-39H2,1-4H3/t40-,44+,45+,46+,47+,48+,49+,53+,54+/m0/s1. The second-order valence-corrected chi connectivity index (χ2v) is 19.8. The molecular formula is C56H78F6O11. The van der Waals surface area contributed by atoms with E-state index in [0.29, 0.717) is 64.2 Å². The number of ether oxygens (including phenoxy) is 8. The summed E-state index contributed by atoms with van der Waals surface area (Å²) in [6.07, 6.45) is 5.35. The van der Waals surface area contributed by atoms with Crippen molar-refractivity contribution in [2.24, 2.45) is 0 Å². The third-order valence-corrected chi connectivity index (χ3v) is 14.5. The van der Waals surface area contributed by atoms with E-state index in [9.17, 15) is 40.7 Å². The van der Waals surface area contributed by atoms with E-state index in [1.165, 1.54) is 87.4 Å². The summed E-state index contributed by atoms with van der Waals surface area (Å²) in [5, 5.41) is 0. The number of benzene rings is 2. The Morgan fingerprint density at radius 1 is 0.630 bits per heavy atom. The smallest absolute Gasteiger partial charge is 0.432 e. The minimum absolute atomic E-state index is 0.0142. The van der Waals surface area contributed by atoms with Crippen molar-refractivity contribution in [3.05, 3.63) is 83.4 Å². The fourth-order valence-electron chi connectivity index (χ4n) is 10.4. The number of methoxy groups -OCH3 is 2. The third kappa shape index (κ3) is 16.5. The second kappa shape index (κ2) is 29.3. The van der Waals surface area contributed by atoms with Crippen LogP contribution in [0.5, 0.6) is 0 Å². The molecule has 0 radical (unpaired) electrons. The number of carbonyl (C=O) groups excluding carboxylic acids is 3. The van der Waals surface area contributed by atoms with E-state index >= 15 is 0 Å². The minimum atomic E-state index is -5.17. The summed E-state index contributed by atoms with van der Waals surface area (Å²) in [6, 6.07) is 13.3. The molecule has 0 N–H and O–H groups in total. The maximum Gasteiger partial charge on any atom is 0.432 e. The van der Waals surface area contributed by atoms with Crippen LogP contribution in [-0.2, 0) is 63.5 Å². The van der Waals surface area contributed by atoms with Gasteiger partial charge in [0.2, 0.25) is 0 Å². The summed E-state index contributed by atoms with van der Waals surface area (Å²) in [6.45, 7) is 3.85. The molecule has 0 aliphatic carbocycles. The average Bonchev–Trinajstić information content (AvgIpc) is 3.89. The van der Waals surface area contributed by atoms with Crippen LogP contribution in [0.3, 0.4) is 0 Å². The zero-order chi connectivity index (χ0) is 52.9. The van der Waals surface area contributed by atoms with E-state index < -0.39 is 77.5 Å². The summed E-state index contributed by atoms with van der Waals surface area (Å²) in [4.78, 5) is 40.0. The van der Waals surface area contributed by atoms with E-state index in [4.69, 9.17) is 37.9 Å². The number of cyclic esters (lactones) is 1. The summed E-state index contributed by atoms with van der Waals surface area (Å²) < 4.78 is 134. The van der Waals surface area contributed by atoms with Crippen LogP contribution in [0.1, 0.15) is 173 Å². The Hall–Kier alpha value is -4.03. The maximum atomic E-state index is 14.9. The molecule has 0 amide bonds. The lowest BCUT2D eigenvalue weighted by atomic mass is 9.92. The molecule has 2 aromatic carbocycles. The van der Waals surface area contributed by atoms with Crippen molar-refractivity contribution < 1.29 is 78.6 Å². The zero-order valence-corrected chi connectivity index (χ0v) is 43.1. The number of unbranched alkanes of at least 4 members (excludes halogenated alkanes) is 13. The van der Waals surface area contributed by atoms with Crippen LogP contribution < -0.4 is 0 Å². The van der Waals surface area contributed by atoms with Crippen molar-refractivity contribution in [3.63, 3.8) is 0 Å². The van der Waals surface area contributed by atoms with Crippen molar-refractivity contribution in [3.8, 4) is 0 Å². The van der Waals surface area contributed by atoms with Crippen LogP contribution >= 0.6 is 0 Å². The van der Waals surface area contributed by atoms with Crippen molar-refractivity contribution >= 4 is 17.9 Å². The van der Waals surface area contributed by atoms with E-state index in [1.807, 2.05) is 0 Å². The predicted octanol–water partition coefficient (Wildman–Crippen LogP) is 13.4. The number of alkyl halides is 6. The van der Waals surface area contributed by atoms with Crippen LogP contribution in [0, 0.1) is 0 Å². The van der Waals surface area contributed by atoms with Gasteiger partial charge in [0.1, 0.15) is 25.1 Å². The molecular weight excluding hydrogens is 963 g/mol. The highest BCUT2D eigenvalue weighted by atomic mass is 19.4. The number of esters is 3. The molecule has 2 aromatic rings. The highest BCUT2D eigenvalue weighted by Crippen LogP contribution is 2.45. The lowest BCUT2D eigenvalue weighted by molar-refractivity contribution is -0.280. The molecule has 5 rings (SSSR count). The Morgan fingerprint density at radius 3 is 1.66 bits per heavy atom. The summed E-state index contributed by atoms with van der Waals surface area (Å²) in [7, 11) is 1.66. The monoisotopic (exact) mass is 1040 g/mol. The van der Waals surface area contributed by atoms with Crippen molar-refractivity contribution in [1.29, 1.82) is 0 Å². The molecule has 17 heteroatoms. The van der Waals surface area contributed by atoms with Gasteiger partial charge in [-0.3, -0.25) is 0 Å². The number of carbonyl (C=O) groups is 3. The number of hydrogen-bond donors (Lipinski definition) is 0. The van der Waals surface area contributed by atoms with E-state index in [2.05, 4.69) is 6.92 Å². The first-order valence-corrected chi connectivity index (χ1v) is 26.6. The Labute approximate surface area is 427 Å². The number of hydrogen-bond acceptors (Lipinski definition) is 11.